The molecule has 0 spiro atoms. The molecule has 0 saturated carbocycles. The molecule has 1 aromatic carbocycles. The molecule has 2 aromatic rings. The van der Waals surface area contributed by atoms with E-state index in [1.165, 1.54) is 5.39 Å². The second-order valence-electron chi connectivity index (χ2n) is 3.38. The first kappa shape index (κ1) is 9.78. The fraction of sp³-hybridized carbons (Fsp3) is 0.143. The fourth-order valence-electron chi connectivity index (χ4n) is 1.70. The maximum absolute atomic E-state index is 5.75. The van der Waals surface area contributed by atoms with Crippen LogP contribution in [0, 0.1) is 0 Å². The van der Waals surface area contributed by atoms with Crippen molar-refractivity contribution in [3.63, 3.8) is 0 Å². The van der Waals surface area contributed by atoms with E-state index >= 15 is 0 Å². The summed E-state index contributed by atoms with van der Waals surface area (Å²) in [4.78, 5) is 0. The topological polar surface area (TPSA) is 13.1 Å². The normalized spacial score (nSPS) is 12.1. The predicted octanol–water partition coefficient (Wildman–Crippen LogP) is 4.50. The molecule has 15 heavy (non-hydrogen) atoms. The van der Waals surface area contributed by atoms with Gasteiger partial charge >= 0.3 is 0 Å². The average molecular weight is 198 g/mol. The summed E-state index contributed by atoms with van der Waals surface area (Å²) in [5, 5.41) is 1.17. The largest absolute Gasteiger partial charge is 0.456 e. The summed E-state index contributed by atoms with van der Waals surface area (Å²) >= 11 is 0. The third-order valence-corrected chi connectivity index (χ3v) is 2.31. The molecule has 0 aliphatic carbocycles. The molecule has 1 heterocycles. The van der Waals surface area contributed by atoms with Crippen molar-refractivity contribution >= 4 is 23.1 Å². The zero-order valence-corrected chi connectivity index (χ0v) is 9.03. The van der Waals surface area contributed by atoms with Crippen LogP contribution in [0.5, 0.6) is 0 Å². The minimum atomic E-state index is 0.928. The van der Waals surface area contributed by atoms with Gasteiger partial charge in [-0.05, 0) is 26.0 Å². The van der Waals surface area contributed by atoms with Gasteiger partial charge in [-0.1, -0.05) is 36.4 Å². The maximum Gasteiger partial charge on any atom is 0.135 e. The molecule has 0 saturated heterocycles. The van der Waals surface area contributed by atoms with Crippen molar-refractivity contribution in [3.8, 4) is 0 Å². The predicted molar refractivity (Wildman–Crippen MR) is 65.6 cm³/mol. The average Bonchev–Trinajstić information content (AvgIpc) is 2.59. The minimum Gasteiger partial charge on any atom is -0.456 e. The summed E-state index contributed by atoms with van der Waals surface area (Å²) in [5.74, 6) is 0.928. The molecular weight excluding hydrogens is 184 g/mol. The highest BCUT2D eigenvalue weighted by Gasteiger charge is 2.07. The Kier molecular flexibility index (Phi) is 2.72. The smallest absolute Gasteiger partial charge is 0.135 e. The Morgan fingerprint density at radius 1 is 1.00 bits per heavy atom. The quantitative estimate of drug-likeness (QED) is 0.692. The molecule has 1 heteroatoms. The van der Waals surface area contributed by atoms with Crippen LogP contribution in [0.4, 0.5) is 0 Å². The lowest BCUT2D eigenvalue weighted by Gasteiger charge is -1.89. The van der Waals surface area contributed by atoms with Crippen LogP contribution < -0.4 is 0 Å². The molecule has 0 N–H and O–H groups in total. The lowest BCUT2D eigenvalue weighted by atomic mass is 10.1. The van der Waals surface area contributed by atoms with Crippen molar-refractivity contribution in [2.24, 2.45) is 0 Å². The van der Waals surface area contributed by atoms with Gasteiger partial charge in [0.1, 0.15) is 11.3 Å². The maximum atomic E-state index is 5.75. The Bertz CT molecular complexity index is 515. The molecule has 0 amide bonds. The Labute approximate surface area is 89.7 Å². The van der Waals surface area contributed by atoms with E-state index in [1.54, 1.807) is 0 Å². The van der Waals surface area contributed by atoms with E-state index in [1.807, 2.05) is 50.3 Å². The van der Waals surface area contributed by atoms with Gasteiger partial charge in [-0.25, -0.2) is 0 Å². The zero-order chi connectivity index (χ0) is 10.7. The van der Waals surface area contributed by atoms with Gasteiger partial charge in [-0.2, -0.15) is 0 Å². The number of para-hydroxylation sites is 1. The minimum absolute atomic E-state index is 0.928. The molecule has 1 aromatic heterocycles. The van der Waals surface area contributed by atoms with Gasteiger partial charge in [0.05, 0.1) is 0 Å². The number of hydrogen-bond acceptors (Lipinski definition) is 1. The number of benzene rings is 1. The van der Waals surface area contributed by atoms with Crippen LogP contribution >= 0.6 is 0 Å². The van der Waals surface area contributed by atoms with E-state index in [4.69, 9.17) is 4.42 Å². The third-order valence-electron chi connectivity index (χ3n) is 2.31. The SMILES string of the molecule is C/C=C\c1c(/C=C/C)oc2ccccc12. The van der Waals surface area contributed by atoms with E-state index < -0.39 is 0 Å². The summed E-state index contributed by atoms with van der Waals surface area (Å²) in [7, 11) is 0. The number of furan rings is 1. The van der Waals surface area contributed by atoms with Gasteiger partial charge in [-0.15, -0.1) is 0 Å². The number of rotatable bonds is 2. The highest BCUT2D eigenvalue weighted by molar-refractivity contribution is 5.90. The third kappa shape index (κ3) is 1.73. The lowest BCUT2D eigenvalue weighted by molar-refractivity contribution is 0.603. The van der Waals surface area contributed by atoms with Crippen LogP contribution in [0.15, 0.2) is 40.8 Å². The van der Waals surface area contributed by atoms with Gasteiger partial charge in [-0.3, -0.25) is 0 Å². The standard InChI is InChI=1S/C14H14O/c1-3-7-11-12-9-5-6-10-14(12)15-13(11)8-4-2/h3-10H,1-2H3/b7-3-,8-4+. The van der Waals surface area contributed by atoms with Crippen LogP contribution in [0.25, 0.3) is 23.1 Å². The summed E-state index contributed by atoms with van der Waals surface area (Å²) in [6.07, 6.45) is 8.10. The molecule has 2 rings (SSSR count). The van der Waals surface area contributed by atoms with Gasteiger partial charge in [0.25, 0.3) is 0 Å². The molecule has 0 bridgehead atoms. The molecule has 76 valence electrons. The Morgan fingerprint density at radius 2 is 1.73 bits per heavy atom. The van der Waals surface area contributed by atoms with E-state index in [0.29, 0.717) is 0 Å². The van der Waals surface area contributed by atoms with Crippen molar-refractivity contribution in [2.75, 3.05) is 0 Å². The Morgan fingerprint density at radius 3 is 2.47 bits per heavy atom. The monoisotopic (exact) mass is 198 g/mol. The van der Waals surface area contributed by atoms with Crippen LogP contribution in [0.1, 0.15) is 25.2 Å². The second kappa shape index (κ2) is 4.18. The van der Waals surface area contributed by atoms with Gasteiger partial charge < -0.3 is 4.42 Å². The first-order valence-electron chi connectivity index (χ1n) is 5.13. The number of allylic oxidation sites excluding steroid dienone is 2. The molecule has 0 radical (unpaired) electrons. The number of fused-ring (bicyclic) bond motifs is 1. The molecule has 0 fully saturated rings. The van der Waals surface area contributed by atoms with Crippen molar-refractivity contribution in [1.82, 2.24) is 0 Å². The molecule has 0 unspecified atom stereocenters. The summed E-state index contributed by atoms with van der Waals surface area (Å²) in [6, 6.07) is 8.10. The molecular formula is C14H14O. The zero-order valence-electron chi connectivity index (χ0n) is 9.03. The molecule has 0 aliphatic heterocycles. The summed E-state index contributed by atoms with van der Waals surface area (Å²) in [5.41, 5.74) is 2.10. The van der Waals surface area contributed by atoms with Crippen LogP contribution in [-0.4, -0.2) is 0 Å². The van der Waals surface area contributed by atoms with Crippen molar-refractivity contribution in [1.29, 1.82) is 0 Å². The number of hydrogen-bond donors (Lipinski definition) is 0. The summed E-state index contributed by atoms with van der Waals surface area (Å²) < 4.78 is 5.75. The Hall–Kier alpha value is -1.76. The van der Waals surface area contributed by atoms with E-state index in [0.717, 1.165) is 16.9 Å². The highest BCUT2D eigenvalue weighted by Crippen LogP contribution is 2.27. The van der Waals surface area contributed by atoms with Crippen molar-refractivity contribution < 1.29 is 4.42 Å². The van der Waals surface area contributed by atoms with E-state index in [-0.39, 0.29) is 0 Å². The van der Waals surface area contributed by atoms with Crippen LogP contribution in [0.3, 0.4) is 0 Å². The van der Waals surface area contributed by atoms with Gasteiger partial charge in [0.2, 0.25) is 0 Å². The van der Waals surface area contributed by atoms with Crippen LogP contribution in [0.2, 0.25) is 0 Å². The fourth-order valence-corrected chi connectivity index (χ4v) is 1.70. The van der Waals surface area contributed by atoms with Crippen LogP contribution in [-0.2, 0) is 0 Å². The van der Waals surface area contributed by atoms with Crippen molar-refractivity contribution in [3.05, 3.63) is 47.7 Å². The highest BCUT2D eigenvalue weighted by atomic mass is 16.3. The molecule has 0 aliphatic rings. The summed E-state index contributed by atoms with van der Waals surface area (Å²) in [6.45, 7) is 4.01. The van der Waals surface area contributed by atoms with Gasteiger partial charge in [0, 0.05) is 10.9 Å². The molecule has 1 nitrogen and oxygen atoms in total. The van der Waals surface area contributed by atoms with E-state index in [2.05, 4.69) is 12.1 Å². The lowest BCUT2D eigenvalue weighted by Crippen LogP contribution is -1.72. The van der Waals surface area contributed by atoms with Crippen molar-refractivity contribution in [2.45, 2.75) is 13.8 Å². The first-order chi connectivity index (χ1) is 7.36. The van der Waals surface area contributed by atoms with E-state index in [9.17, 15) is 0 Å². The molecule has 0 atom stereocenters. The van der Waals surface area contributed by atoms with Gasteiger partial charge in [0.15, 0.2) is 0 Å². The Balaban J connectivity index is 2.74. The first-order valence-corrected chi connectivity index (χ1v) is 5.13. The second-order valence-corrected chi connectivity index (χ2v) is 3.38.